The van der Waals surface area contributed by atoms with Crippen molar-refractivity contribution in [1.29, 1.82) is 0 Å². The van der Waals surface area contributed by atoms with E-state index in [-0.39, 0.29) is 0 Å². The average molecular weight is 538 g/mol. The smallest absolute Gasteiger partial charge is 0.143 e. The van der Waals surface area contributed by atoms with Crippen molar-refractivity contribution in [3.8, 4) is 22.3 Å². The Kier molecular flexibility index (Phi) is 5.82. The Labute approximate surface area is 244 Å². The minimum Gasteiger partial charge on any atom is -0.455 e. The molecule has 0 N–H and O–H groups in total. The van der Waals surface area contributed by atoms with Crippen LogP contribution in [0.1, 0.15) is 0 Å². The third kappa shape index (κ3) is 4.22. The third-order valence-corrected chi connectivity index (χ3v) is 8.05. The van der Waals surface area contributed by atoms with Gasteiger partial charge in [0.1, 0.15) is 11.2 Å². The fourth-order valence-electron chi connectivity index (χ4n) is 5.97. The van der Waals surface area contributed by atoms with E-state index >= 15 is 0 Å². The molecule has 0 saturated carbocycles. The molecule has 0 fully saturated rings. The number of rotatable bonds is 5. The van der Waals surface area contributed by atoms with Crippen LogP contribution in [0.25, 0.3) is 55.0 Å². The number of nitrogens with zero attached hydrogens (tertiary/aromatic N) is 1. The molecule has 2 nitrogen and oxygen atoms in total. The number of fused-ring (bicyclic) bond motifs is 5. The van der Waals surface area contributed by atoms with E-state index in [4.69, 9.17) is 4.42 Å². The van der Waals surface area contributed by atoms with E-state index in [0.29, 0.717) is 0 Å². The van der Waals surface area contributed by atoms with Gasteiger partial charge in [-0.05, 0) is 82.2 Å². The van der Waals surface area contributed by atoms with Crippen molar-refractivity contribution >= 4 is 49.8 Å². The fraction of sp³-hybridized carbons (Fsp3) is 0. The minimum atomic E-state index is 0.895. The normalized spacial score (nSPS) is 11.3. The molecule has 0 spiro atoms. The lowest BCUT2D eigenvalue weighted by Crippen LogP contribution is -2.09. The number of furan rings is 1. The Morgan fingerprint density at radius 1 is 0.357 bits per heavy atom. The molecule has 0 aliphatic carbocycles. The highest BCUT2D eigenvalue weighted by molar-refractivity contribution is 6.15. The molecular formula is C40H27NO. The monoisotopic (exact) mass is 537 g/mol. The SMILES string of the molecule is c1ccc(-c2cccc(-c3ccc(N(c4ccccc4)c4ccc5oc6c7ccccc7ccc6c5c4)cc3)c2)cc1. The van der Waals surface area contributed by atoms with E-state index in [1.165, 1.54) is 27.6 Å². The molecule has 0 unspecified atom stereocenters. The van der Waals surface area contributed by atoms with Crippen molar-refractivity contribution in [3.63, 3.8) is 0 Å². The van der Waals surface area contributed by atoms with Gasteiger partial charge in [-0.3, -0.25) is 0 Å². The number of benzene rings is 7. The topological polar surface area (TPSA) is 16.4 Å². The first-order chi connectivity index (χ1) is 20.8. The van der Waals surface area contributed by atoms with E-state index in [2.05, 4.69) is 169 Å². The number of anilines is 3. The van der Waals surface area contributed by atoms with E-state index in [1.54, 1.807) is 0 Å². The fourth-order valence-corrected chi connectivity index (χ4v) is 5.97. The van der Waals surface area contributed by atoms with Crippen LogP contribution in [0.15, 0.2) is 168 Å². The summed E-state index contributed by atoms with van der Waals surface area (Å²) in [6.45, 7) is 0. The second-order valence-electron chi connectivity index (χ2n) is 10.6. The highest BCUT2D eigenvalue weighted by atomic mass is 16.3. The molecule has 8 rings (SSSR count). The van der Waals surface area contributed by atoms with Crippen molar-refractivity contribution < 1.29 is 4.42 Å². The van der Waals surface area contributed by atoms with E-state index in [0.717, 1.165) is 44.4 Å². The molecule has 7 aromatic carbocycles. The van der Waals surface area contributed by atoms with E-state index < -0.39 is 0 Å². The third-order valence-electron chi connectivity index (χ3n) is 8.05. The first-order valence-electron chi connectivity index (χ1n) is 14.3. The standard InChI is InChI=1S/C40H27NO/c1-3-10-28(11-4-1)31-13-9-14-32(26-31)29-18-21-34(22-19-29)41(33-15-5-2-6-16-33)35-23-25-39-38(27-35)37-24-20-30-12-7-8-17-36(30)40(37)42-39/h1-27H. The molecule has 1 heterocycles. The molecule has 0 saturated heterocycles. The zero-order valence-electron chi connectivity index (χ0n) is 22.9. The lowest BCUT2D eigenvalue weighted by Gasteiger charge is -2.25. The summed E-state index contributed by atoms with van der Waals surface area (Å²) in [5, 5.41) is 4.57. The maximum absolute atomic E-state index is 6.40. The lowest BCUT2D eigenvalue weighted by atomic mass is 9.99. The Hall–Kier alpha value is -5.60. The first-order valence-corrected chi connectivity index (χ1v) is 14.3. The molecule has 0 atom stereocenters. The van der Waals surface area contributed by atoms with Crippen molar-refractivity contribution in [2.75, 3.05) is 4.90 Å². The first kappa shape index (κ1) is 24.2. The van der Waals surface area contributed by atoms with Crippen LogP contribution in [0.4, 0.5) is 17.1 Å². The Bertz CT molecular complexity index is 2180. The molecule has 1 aromatic heterocycles. The van der Waals surface area contributed by atoms with Gasteiger partial charge in [0.25, 0.3) is 0 Å². The van der Waals surface area contributed by atoms with Gasteiger partial charge in [-0.2, -0.15) is 0 Å². The molecule has 42 heavy (non-hydrogen) atoms. The van der Waals surface area contributed by atoms with E-state index in [1.807, 2.05) is 0 Å². The lowest BCUT2D eigenvalue weighted by molar-refractivity contribution is 0.672. The van der Waals surface area contributed by atoms with Gasteiger partial charge >= 0.3 is 0 Å². The van der Waals surface area contributed by atoms with Gasteiger partial charge in [0.15, 0.2) is 0 Å². The van der Waals surface area contributed by atoms with Crippen LogP contribution < -0.4 is 4.90 Å². The summed E-state index contributed by atoms with van der Waals surface area (Å²) < 4.78 is 6.40. The van der Waals surface area contributed by atoms with Crippen molar-refractivity contribution in [2.45, 2.75) is 0 Å². The number of hydrogen-bond acceptors (Lipinski definition) is 2. The molecule has 0 aliphatic heterocycles. The molecule has 0 aliphatic rings. The van der Waals surface area contributed by atoms with Crippen LogP contribution in [-0.2, 0) is 0 Å². The van der Waals surface area contributed by atoms with Crippen LogP contribution in [-0.4, -0.2) is 0 Å². The van der Waals surface area contributed by atoms with Gasteiger partial charge in [0, 0.05) is 33.2 Å². The molecule has 2 heteroatoms. The molecule has 0 radical (unpaired) electrons. The summed E-state index contributed by atoms with van der Waals surface area (Å²) in [5.41, 5.74) is 9.96. The summed E-state index contributed by atoms with van der Waals surface area (Å²) in [5.74, 6) is 0. The molecular weight excluding hydrogens is 510 g/mol. The van der Waals surface area contributed by atoms with Gasteiger partial charge in [0.2, 0.25) is 0 Å². The van der Waals surface area contributed by atoms with Gasteiger partial charge < -0.3 is 9.32 Å². The molecule has 0 bridgehead atoms. The number of para-hydroxylation sites is 1. The van der Waals surface area contributed by atoms with Crippen LogP contribution >= 0.6 is 0 Å². The minimum absolute atomic E-state index is 0.895. The average Bonchev–Trinajstić information content (AvgIpc) is 3.45. The van der Waals surface area contributed by atoms with Crippen molar-refractivity contribution in [3.05, 3.63) is 164 Å². The second-order valence-corrected chi connectivity index (χ2v) is 10.6. The van der Waals surface area contributed by atoms with Gasteiger partial charge in [-0.1, -0.05) is 109 Å². The summed E-state index contributed by atoms with van der Waals surface area (Å²) in [6, 6.07) is 57.9. The summed E-state index contributed by atoms with van der Waals surface area (Å²) in [7, 11) is 0. The summed E-state index contributed by atoms with van der Waals surface area (Å²) in [4.78, 5) is 2.31. The van der Waals surface area contributed by atoms with Crippen LogP contribution in [0.2, 0.25) is 0 Å². The Morgan fingerprint density at radius 2 is 0.976 bits per heavy atom. The largest absolute Gasteiger partial charge is 0.455 e. The maximum atomic E-state index is 6.40. The molecule has 198 valence electrons. The van der Waals surface area contributed by atoms with Gasteiger partial charge in [-0.15, -0.1) is 0 Å². The van der Waals surface area contributed by atoms with Crippen LogP contribution in [0.5, 0.6) is 0 Å². The quantitative estimate of drug-likeness (QED) is 0.217. The highest BCUT2D eigenvalue weighted by Crippen LogP contribution is 2.40. The Balaban J connectivity index is 1.22. The van der Waals surface area contributed by atoms with Crippen LogP contribution in [0, 0.1) is 0 Å². The van der Waals surface area contributed by atoms with Crippen LogP contribution in [0.3, 0.4) is 0 Å². The summed E-state index contributed by atoms with van der Waals surface area (Å²) in [6.07, 6.45) is 0. The second kappa shape index (κ2) is 10.1. The number of hydrogen-bond donors (Lipinski definition) is 0. The van der Waals surface area contributed by atoms with Crippen molar-refractivity contribution in [2.24, 2.45) is 0 Å². The Morgan fingerprint density at radius 3 is 1.76 bits per heavy atom. The predicted octanol–water partition coefficient (Wildman–Crippen LogP) is 11.5. The molecule has 8 aromatic rings. The maximum Gasteiger partial charge on any atom is 0.143 e. The summed E-state index contributed by atoms with van der Waals surface area (Å²) >= 11 is 0. The zero-order chi connectivity index (χ0) is 27.9. The van der Waals surface area contributed by atoms with Gasteiger partial charge in [-0.25, -0.2) is 0 Å². The van der Waals surface area contributed by atoms with Crippen molar-refractivity contribution in [1.82, 2.24) is 0 Å². The highest BCUT2D eigenvalue weighted by Gasteiger charge is 2.16. The molecule has 0 amide bonds. The van der Waals surface area contributed by atoms with Gasteiger partial charge in [0.05, 0.1) is 0 Å². The van der Waals surface area contributed by atoms with E-state index in [9.17, 15) is 0 Å². The predicted molar refractivity (Wildman–Crippen MR) is 177 cm³/mol. The zero-order valence-corrected chi connectivity index (χ0v) is 22.9.